The van der Waals surface area contributed by atoms with Crippen LogP contribution in [0, 0.1) is 0 Å². The second-order valence-electron chi connectivity index (χ2n) is 8.74. The molecule has 0 heterocycles. The zero-order valence-corrected chi connectivity index (χ0v) is 25.0. The number of thioether (sulfide) groups is 1. The molecular formula is C26H45F2N3O7S2. The third kappa shape index (κ3) is 21.1. The normalized spacial score (nSPS) is 11.6. The maximum Gasteiger partial charge on any atom is 0.317 e. The van der Waals surface area contributed by atoms with Gasteiger partial charge in [-0.2, -0.15) is 20.5 Å². The second-order valence-corrected chi connectivity index (χ2v) is 11.8. The lowest BCUT2D eigenvalue weighted by Crippen LogP contribution is -2.34. The summed E-state index contributed by atoms with van der Waals surface area (Å²) >= 11 is 1.46. The van der Waals surface area contributed by atoms with Crippen molar-refractivity contribution in [2.24, 2.45) is 0 Å². The Hall–Kier alpha value is -1.71. The Morgan fingerprint density at radius 3 is 1.90 bits per heavy atom. The minimum absolute atomic E-state index is 0.0741. The van der Waals surface area contributed by atoms with Crippen molar-refractivity contribution in [1.29, 1.82) is 0 Å². The van der Waals surface area contributed by atoms with Gasteiger partial charge in [-0.1, -0.05) is 39.0 Å². The number of anilines is 2. The van der Waals surface area contributed by atoms with E-state index in [0.29, 0.717) is 69.1 Å². The van der Waals surface area contributed by atoms with Gasteiger partial charge in [0.05, 0.1) is 57.7 Å². The molecule has 0 aromatic heterocycles. The third-order valence-corrected chi connectivity index (χ3v) is 7.81. The second kappa shape index (κ2) is 23.9. The van der Waals surface area contributed by atoms with Crippen LogP contribution in [-0.4, -0.2) is 90.9 Å². The maximum atomic E-state index is 12.2. The van der Waals surface area contributed by atoms with Crippen LogP contribution in [-0.2, 0) is 33.8 Å². The van der Waals surface area contributed by atoms with Crippen molar-refractivity contribution >= 4 is 39.1 Å². The van der Waals surface area contributed by atoms with Crippen LogP contribution in [0.2, 0.25) is 0 Å². The first-order valence-corrected chi connectivity index (χ1v) is 16.5. The molecule has 0 aliphatic rings. The topological polar surface area (TPSA) is 124 Å². The van der Waals surface area contributed by atoms with Crippen molar-refractivity contribution < 1.29 is 40.9 Å². The largest absolute Gasteiger partial charge is 0.379 e. The average molecular weight is 614 g/mol. The number of carbonyl (C=O) groups is 1. The Morgan fingerprint density at radius 2 is 1.30 bits per heavy atom. The number of ether oxygens (including phenoxy) is 4. The Kier molecular flexibility index (Phi) is 21.7. The average Bonchev–Trinajstić information content (AvgIpc) is 2.93. The fourth-order valence-electron chi connectivity index (χ4n) is 3.18. The molecule has 0 unspecified atom stereocenters. The minimum Gasteiger partial charge on any atom is -0.379 e. The molecule has 0 aliphatic heterocycles. The van der Waals surface area contributed by atoms with Crippen molar-refractivity contribution in [2.45, 2.75) is 51.9 Å². The van der Waals surface area contributed by atoms with Gasteiger partial charge in [-0.05, 0) is 30.7 Å². The molecule has 1 rings (SSSR count). The molecule has 1 amide bonds. The van der Waals surface area contributed by atoms with Gasteiger partial charge in [-0.25, -0.2) is 8.42 Å². The Bertz CT molecular complexity index is 866. The first-order valence-electron chi connectivity index (χ1n) is 13.7. The van der Waals surface area contributed by atoms with Crippen LogP contribution in [0.4, 0.5) is 20.2 Å². The molecule has 0 atom stereocenters. The number of hydrogen-bond acceptors (Lipinski definition) is 9. The fraction of sp³-hybridized carbons (Fsp3) is 0.731. The molecule has 0 saturated carbocycles. The van der Waals surface area contributed by atoms with Gasteiger partial charge in [0.15, 0.2) is 0 Å². The predicted octanol–water partition coefficient (Wildman–Crippen LogP) is 4.30. The van der Waals surface area contributed by atoms with Crippen molar-refractivity contribution in [2.75, 3.05) is 80.3 Å². The van der Waals surface area contributed by atoms with E-state index in [1.165, 1.54) is 68.1 Å². The van der Waals surface area contributed by atoms with E-state index in [1.807, 2.05) is 5.43 Å². The number of halogens is 2. The third-order valence-electron chi connectivity index (χ3n) is 5.31. The van der Waals surface area contributed by atoms with Gasteiger partial charge in [0.1, 0.15) is 0 Å². The van der Waals surface area contributed by atoms with E-state index < -0.39 is 22.4 Å². The molecule has 0 bridgehead atoms. The first kappa shape index (κ1) is 36.3. The van der Waals surface area contributed by atoms with Gasteiger partial charge in [0.25, 0.3) is 0 Å². The number of amides is 1. The lowest BCUT2D eigenvalue weighted by atomic mass is 10.1. The van der Waals surface area contributed by atoms with E-state index in [0.717, 1.165) is 13.0 Å². The van der Waals surface area contributed by atoms with Crippen LogP contribution >= 0.6 is 11.8 Å². The number of alkyl halides is 2. The van der Waals surface area contributed by atoms with Crippen LogP contribution in [0.15, 0.2) is 24.3 Å². The Morgan fingerprint density at radius 1 is 0.775 bits per heavy atom. The predicted molar refractivity (Wildman–Crippen MR) is 156 cm³/mol. The van der Waals surface area contributed by atoms with E-state index in [4.69, 9.17) is 18.9 Å². The number of nitrogens with one attached hydrogen (secondary N) is 3. The summed E-state index contributed by atoms with van der Waals surface area (Å²) in [7, 11) is -3.55. The highest BCUT2D eigenvalue weighted by Gasteiger charge is 2.14. The number of hydrazine groups is 1. The Balaban J connectivity index is 1.91. The molecular weight excluding hydrogens is 568 g/mol. The number of carbonyl (C=O) groups excluding carboxylic acids is 1. The highest BCUT2D eigenvalue weighted by Crippen LogP contribution is 2.15. The van der Waals surface area contributed by atoms with Crippen molar-refractivity contribution in [3.05, 3.63) is 24.3 Å². The molecule has 10 nitrogen and oxygen atoms in total. The van der Waals surface area contributed by atoms with Gasteiger partial charge in [0.2, 0.25) is 10.0 Å². The SMILES string of the molecule is CCCCCCCCOCCOCCOCCOCCSCCS(=O)(=O)Nc1ccc(NNC(=O)C(F)F)cc1. The molecule has 0 spiro atoms. The summed E-state index contributed by atoms with van der Waals surface area (Å²) in [6.07, 6.45) is 4.39. The van der Waals surface area contributed by atoms with Gasteiger partial charge < -0.3 is 18.9 Å². The lowest BCUT2D eigenvalue weighted by molar-refractivity contribution is -0.131. The summed E-state index contributed by atoms with van der Waals surface area (Å²) in [6.45, 7) is 6.60. The summed E-state index contributed by atoms with van der Waals surface area (Å²) < 4.78 is 73.2. The van der Waals surface area contributed by atoms with Crippen molar-refractivity contribution in [3.63, 3.8) is 0 Å². The van der Waals surface area contributed by atoms with Gasteiger partial charge in [-0.3, -0.25) is 20.4 Å². The highest BCUT2D eigenvalue weighted by molar-refractivity contribution is 8.00. The lowest BCUT2D eigenvalue weighted by Gasteiger charge is -2.11. The monoisotopic (exact) mass is 613 g/mol. The molecule has 0 aliphatic carbocycles. The summed E-state index contributed by atoms with van der Waals surface area (Å²) in [5.41, 5.74) is 4.80. The molecule has 3 N–H and O–H groups in total. The highest BCUT2D eigenvalue weighted by atomic mass is 32.2. The first-order chi connectivity index (χ1) is 19.3. The standard InChI is InChI=1S/C26H45F2N3O7S2/c1-2-3-4-5-6-7-12-35-13-14-36-15-16-37-17-18-38-19-20-39-21-22-40(33,34)31-24-10-8-23(9-11-24)29-30-26(32)25(27)28/h8-11,25,29,31H,2-7,12-22H2,1H3,(H,30,32). The number of sulfonamides is 1. The van der Waals surface area contributed by atoms with Crippen molar-refractivity contribution in [1.82, 2.24) is 5.43 Å². The molecule has 14 heteroatoms. The zero-order valence-electron chi connectivity index (χ0n) is 23.3. The van der Waals surface area contributed by atoms with Crippen LogP contribution in [0.3, 0.4) is 0 Å². The summed E-state index contributed by atoms with van der Waals surface area (Å²) in [5.74, 6) is -0.483. The van der Waals surface area contributed by atoms with Crippen LogP contribution < -0.4 is 15.6 Å². The van der Waals surface area contributed by atoms with Crippen LogP contribution in [0.25, 0.3) is 0 Å². The number of unbranched alkanes of at least 4 members (excludes halogenated alkanes) is 5. The zero-order chi connectivity index (χ0) is 29.3. The molecule has 232 valence electrons. The van der Waals surface area contributed by atoms with Crippen LogP contribution in [0.5, 0.6) is 0 Å². The number of rotatable bonds is 27. The van der Waals surface area contributed by atoms with Gasteiger partial charge in [-0.15, -0.1) is 0 Å². The number of benzene rings is 1. The van der Waals surface area contributed by atoms with E-state index in [2.05, 4.69) is 17.1 Å². The molecule has 1 aromatic carbocycles. The van der Waals surface area contributed by atoms with Crippen LogP contribution in [0.1, 0.15) is 45.4 Å². The minimum atomic E-state index is -3.55. The molecule has 1 aromatic rings. The number of hydrogen-bond donors (Lipinski definition) is 3. The molecule has 40 heavy (non-hydrogen) atoms. The Labute approximate surface area is 241 Å². The molecule has 0 fully saturated rings. The quantitative estimate of drug-likeness (QED) is 0.0984. The van der Waals surface area contributed by atoms with E-state index in [9.17, 15) is 22.0 Å². The molecule has 0 saturated heterocycles. The molecule has 0 radical (unpaired) electrons. The van der Waals surface area contributed by atoms with Gasteiger partial charge >= 0.3 is 12.3 Å². The summed E-state index contributed by atoms with van der Waals surface area (Å²) in [4.78, 5) is 10.9. The summed E-state index contributed by atoms with van der Waals surface area (Å²) in [5, 5.41) is 0. The van der Waals surface area contributed by atoms with Gasteiger partial charge in [0, 0.05) is 23.8 Å². The fourth-order valence-corrected chi connectivity index (χ4v) is 5.56. The maximum absolute atomic E-state index is 12.2. The van der Waals surface area contributed by atoms with E-state index in [1.54, 1.807) is 0 Å². The van der Waals surface area contributed by atoms with E-state index in [-0.39, 0.29) is 5.75 Å². The van der Waals surface area contributed by atoms with E-state index >= 15 is 0 Å². The van der Waals surface area contributed by atoms with Crippen molar-refractivity contribution in [3.8, 4) is 0 Å². The smallest absolute Gasteiger partial charge is 0.317 e. The summed E-state index contributed by atoms with van der Waals surface area (Å²) in [6, 6.07) is 5.80.